The largest absolute Gasteiger partial charge is 0.495 e. The van der Waals surface area contributed by atoms with Gasteiger partial charge in [0.05, 0.1) is 12.1 Å². The number of rotatable bonds is 5. The molecule has 0 fully saturated rings. The van der Waals surface area contributed by atoms with Crippen LogP contribution in [0.25, 0.3) is 0 Å². The van der Waals surface area contributed by atoms with E-state index in [1.807, 2.05) is 6.92 Å². The Morgan fingerprint density at radius 2 is 2.13 bits per heavy atom. The molecule has 1 aromatic rings. The molecule has 1 aromatic carbocycles. The molecule has 0 heterocycles. The predicted octanol–water partition coefficient (Wildman–Crippen LogP) is 0.684. The van der Waals surface area contributed by atoms with Crippen molar-refractivity contribution in [3.05, 3.63) is 24.0 Å². The van der Waals surface area contributed by atoms with E-state index in [0.717, 1.165) is 12.8 Å². The molecule has 0 saturated carbocycles. The maximum atomic E-state index is 13.2. The molecule has 0 bridgehead atoms. The molecule has 0 unspecified atom stereocenters. The lowest BCUT2D eigenvalue weighted by atomic mass is 9.79. The summed E-state index contributed by atoms with van der Waals surface area (Å²) < 4.78 is 18.5. The lowest BCUT2D eigenvalue weighted by Crippen LogP contribution is -2.34. The second-order valence-corrected chi connectivity index (χ2v) is 3.23. The molecule has 0 spiro atoms. The summed E-state index contributed by atoms with van der Waals surface area (Å²) in [6, 6.07) is 4.16. The zero-order valence-corrected chi connectivity index (χ0v) is 8.61. The van der Waals surface area contributed by atoms with Crippen molar-refractivity contribution in [2.24, 2.45) is 0 Å². The maximum absolute atomic E-state index is 13.2. The molecule has 3 nitrogen and oxygen atoms in total. The molecular weight excluding hydrogens is 198 g/mol. The van der Waals surface area contributed by atoms with Crippen LogP contribution < -0.4 is 10.2 Å². The Hall–Kier alpha value is -1.07. The molecule has 0 aliphatic carbocycles. The third-order valence-electron chi connectivity index (χ3n) is 2.03. The molecule has 2 N–H and O–H groups in total. The second-order valence-electron chi connectivity index (χ2n) is 3.23. The Balaban J connectivity index is 2.81. The van der Waals surface area contributed by atoms with Crippen molar-refractivity contribution in [2.45, 2.75) is 19.8 Å². The van der Waals surface area contributed by atoms with Gasteiger partial charge in [0.15, 0.2) is 0 Å². The highest BCUT2D eigenvalue weighted by atomic mass is 19.1. The summed E-state index contributed by atoms with van der Waals surface area (Å²) in [4.78, 5) is 0. The molecule has 0 aliphatic rings. The summed E-state index contributed by atoms with van der Waals surface area (Å²) in [6.45, 7) is 2.45. The van der Waals surface area contributed by atoms with E-state index in [9.17, 15) is 4.39 Å². The number of unbranched alkanes of at least 4 members (excludes halogenated alkanes) is 1. The van der Waals surface area contributed by atoms with Crippen molar-refractivity contribution in [2.75, 3.05) is 6.61 Å². The van der Waals surface area contributed by atoms with Gasteiger partial charge < -0.3 is 14.8 Å². The maximum Gasteiger partial charge on any atom is 0.495 e. The first kappa shape index (κ1) is 12.0. The Bertz CT molecular complexity index is 318. The zero-order chi connectivity index (χ0) is 11.3. The first-order chi connectivity index (χ1) is 7.16. The van der Waals surface area contributed by atoms with E-state index in [4.69, 9.17) is 14.8 Å². The van der Waals surface area contributed by atoms with Crippen molar-refractivity contribution in [3.63, 3.8) is 0 Å². The average molecular weight is 212 g/mol. The number of halogens is 1. The van der Waals surface area contributed by atoms with E-state index in [2.05, 4.69) is 0 Å². The van der Waals surface area contributed by atoms with E-state index in [-0.39, 0.29) is 11.2 Å². The number of hydrogen-bond acceptors (Lipinski definition) is 3. The van der Waals surface area contributed by atoms with Crippen LogP contribution in [0, 0.1) is 5.82 Å². The van der Waals surface area contributed by atoms with Crippen LogP contribution in [0.15, 0.2) is 18.2 Å². The van der Waals surface area contributed by atoms with Gasteiger partial charge in [-0.2, -0.15) is 0 Å². The van der Waals surface area contributed by atoms with Crippen LogP contribution in [-0.2, 0) is 0 Å². The third-order valence-corrected chi connectivity index (χ3v) is 2.03. The van der Waals surface area contributed by atoms with Gasteiger partial charge in [-0.15, -0.1) is 0 Å². The highest BCUT2D eigenvalue weighted by Gasteiger charge is 2.21. The Morgan fingerprint density at radius 1 is 1.40 bits per heavy atom. The van der Waals surface area contributed by atoms with Gasteiger partial charge in [0.1, 0.15) is 11.6 Å². The minimum atomic E-state index is -1.84. The van der Waals surface area contributed by atoms with Crippen LogP contribution in [0.2, 0.25) is 0 Å². The first-order valence-corrected chi connectivity index (χ1v) is 4.94. The minimum Gasteiger partial charge on any atom is -0.494 e. The third kappa shape index (κ3) is 3.21. The topological polar surface area (TPSA) is 49.7 Å². The summed E-state index contributed by atoms with van der Waals surface area (Å²) in [7, 11) is -1.84. The van der Waals surface area contributed by atoms with E-state index < -0.39 is 12.9 Å². The molecule has 0 amide bonds. The minimum absolute atomic E-state index is 0.193. The normalized spacial score (nSPS) is 10.1. The Labute approximate surface area is 88.7 Å². The molecule has 0 aliphatic heterocycles. The summed E-state index contributed by atoms with van der Waals surface area (Å²) in [6.07, 6.45) is 1.81. The highest BCUT2D eigenvalue weighted by Crippen LogP contribution is 2.10. The van der Waals surface area contributed by atoms with Gasteiger partial charge in [0.25, 0.3) is 0 Å². The summed E-state index contributed by atoms with van der Waals surface area (Å²) in [5, 5.41) is 18.0. The molecule has 0 aromatic heterocycles. The van der Waals surface area contributed by atoms with E-state index >= 15 is 0 Å². The monoisotopic (exact) mass is 212 g/mol. The van der Waals surface area contributed by atoms with Crippen molar-refractivity contribution in [1.82, 2.24) is 0 Å². The number of benzene rings is 1. The fourth-order valence-corrected chi connectivity index (χ4v) is 1.22. The smallest absolute Gasteiger partial charge is 0.494 e. The quantitative estimate of drug-likeness (QED) is 0.557. The van der Waals surface area contributed by atoms with Gasteiger partial charge in [-0.05, 0) is 18.6 Å². The zero-order valence-electron chi connectivity index (χ0n) is 8.61. The SMILES string of the molecule is CCCCOc1cccc(F)c1B(O)O. The standard InChI is InChI=1S/C10H14BFO3/c1-2-3-7-15-9-6-4-5-8(12)10(9)11(13)14/h4-6,13-14H,2-3,7H2,1H3. The van der Waals surface area contributed by atoms with Crippen molar-refractivity contribution < 1.29 is 19.2 Å². The van der Waals surface area contributed by atoms with Crippen molar-refractivity contribution in [1.29, 1.82) is 0 Å². The molecule has 1 rings (SSSR count). The Morgan fingerprint density at radius 3 is 2.73 bits per heavy atom. The van der Waals surface area contributed by atoms with E-state index in [0.29, 0.717) is 6.61 Å². The molecule has 15 heavy (non-hydrogen) atoms. The van der Waals surface area contributed by atoms with E-state index in [1.165, 1.54) is 18.2 Å². The van der Waals surface area contributed by atoms with Crippen molar-refractivity contribution >= 4 is 12.6 Å². The number of hydrogen-bond donors (Lipinski definition) is 2. The molecule has 5 heteroatoms. The van der Waals surface area contributed by atoms with Gasteiger partial charge in [-0.1, -0.05) is 19.4 Å². The lowest BCUT2D eigenvalue weighted by Gasteiger charge is -2.11. The van der Waals surface area contributed by atoms with E-state index in [1.54, 1.807) is 0 Å². The van der Waals surface area contributed by atoms with Gasteiger partial charge in [-0.25, -0.2) is 4.39 Å². The lowest BCUT2D eigenvalue weighted by molar-refractivity contribution is 0.308. The Kier molecular flexibility index (Phi) is 4.58. The fraction of sp³-hybridized carbons (Fsp3) is 0.400. The first-order valence-electron chi connectivity index (χ1n) is 4.94. The van der Waals surface area contributed by atoms with Gasteiger partial charge >= 0.3 is 7.12 Å². The summed E-state index contributed by atoms with van der Waals surface area (Å²) >= 11 is 0. The molecular formula is C10H14BFO3. The van der Waals surface area contributed by atoms with Crippen LogP contribution in [-0.4, -0.2) is 23.8 Å². The second kappa shape index (κ2) is 5.73. The summed E-state index contributed by atoms with van der Waals surface area (Å²) in [5.41, 5.74) is -0.200. The van der Waals surface area contributed by atoms with Crippen LogP contribution in [0.5, 0.6) is 5.75 Å². The average Bonchev–Trinajstić information content (AvgIpc) is 2.17. The van der Waals surface area contributed by atoms with Crippen LogP contribution in [0.1, 0.15) is 19.8 Å². The van der Waals surface area contributed by atoms with Crippen LogP contribution in [0.4, 0.5) is 4.39 Å². The number of ether oxygens (including phenoxy) is 1. The molecule has 0 atom stereocenters. The van der Waals surface area contributed by atoms with Crippen LogP contribution >= 0.6 is 0 Å². The molecule has 82 valence electrons. The molecule has 0 saturated heterocycles. The van der Waals surface area contributed by atoms with Gasteiger partial charge in [-0.3, -0.25) is 0 Å². The summed E-state index contributed by atoms with van der Waals surface area (Å²) in [5.74, 6) is -0.475. The van der Waals surface area contributed by atoms with Gasteiger partial charge in [0, 0.05) is 0 Å². The fourth-order valence-electron chi connectivity index (χ4n) is 1.22. The molecule has 0 radical (unpaired) electrons. The van der Waals surface area contributed by atoms with Crippen LogP contribution in [0.3, 0.4) is 0 Å². The highest BCUT2D eigenvalue weighted by molar-refractivity contribution is 6.59. The van der Waals surface area contributed by atoms with Gasteiger partial charge in [0.2, 0.25) is 0 Å². The van der Waals surface area contributed by atoms with Crippen molar-refractivity contribution in [3.8, 4) is 5.75 Å². The predicted molar refractivity (Wildman–Crippen MR) is 56.6 cm³/mol.